The van der Waals surface area contributed by atoms with Crippen molar-refractivity contribution in [3.05, 3.63) is 93.8 Å². The Bertz CT molecular complexity index is 962. The summed E-state index contributed by atoms with van der Waals surface area (Å²) < 4.78 is 10.3. The Morgan fingerprint density at radius 2 is 1.66 bits per heavy atom. The van der Waals surface area contributed by atoms with E-state index in [0.29, 0.717) is 28.5 Å². The second kappa shape index (κ2) is 12.7. The van der Waals surface area contributed by atoms with Crippen molar-refractivity contribution in [3.8, 4) is 0 Å². The molecular formula is C24H27ClN2O5. The number of methoxy groups -OCH3 is 1. The Hall–Kier alpha value is -3.13. The second-order valence-electron chi connectivity index (χ2n) is 6.80. The number of esters is 1. The van der Waals surface area contributed by atoms with Gasteiger partial charge in [-0.15, -0.1) is 0 Å². The van der Waals surface area contributed by atoms with Crippen molar-refractivity contribution in [2.45, 2.75) is 12.8 Å². The van der Waals surface area contributed by atoms with Crippen LogP contribution in [0.15, 0.2) is 83.2 Å². The smallest absolute Gasteiger partial charge is 0.336 e. The molecule has 1 aliphatic rings. The average molecular weight is 459 g/mol. The van der Waals surface area contributed by atoms with Crippen LogP contribution in [0.25, 0.3) is 0 Å². The first-order valence-electron chi connectivity index (χ1n) is 9.97. The second-order valence-corrected chi connectivity index (χ2v) is 7.21. The summed E-state index contributed by atoms with van der Waals surface area (Å²) in [4.78, 5) is 24.4. The summed E-state index contributed by atoms with van der Waals surface area (Å²) in [6.45, 7) is 2.29. The molecule has 1 atom stereocenters. The van der Waals surface area contributed by atoms with E-state index >= 15 is 0 Å². The molecule has 170 valence electrons. The van der Waals surface area contributed by atoms with E-state index < -0.39 is 17.9 Å². The van der Waals surface area contributed by atoms with Gasteiger partial charge < -0.3 is 25.6 Å². The number of benzene rings is 2. The number of dihydropyridines is 1. The van der Waals surface area contributed by atoms with E-state index in [-0.39, 0.29) is 24.4 Å². The molecule has 2 aromatic rings. The summed E-state index contributed by atoms with van der Waals surface area (Å²) in [6, 6.07) is 18.8. The third-order valence-electron chi connectivity index (χ3n) is 4.67. The van der Waals surface area contributed by atoms with Crippen LogP contribution >= 0.6 is 11.6 Å². The highest BCUT2D eigenvalue weighted by atomic mass is 35.5. The number of ether oxygens (including phenoxy) is 2. The Balaban J connectivity index is 0.000000520. The van der Waals surface area contributed by atoms with Gasteiger partial charge in [-0.05, 0) is 18.6 Å². The van der Waals surface area contributed by atoms with Crippen LogP contribution in [0, 0.1) is 0 Å². The van der Waals surface area contributed by atoms with Crippen LogP contribution in [0.3, 0.4) is 0 Å². The van der Waals surface area contributed by atoms with E-state index in [2.05, 4.69) is 5.32 Å². The van der Waals surface area contributed by atoms with Crippen LogP contribution in [-0.4, -0.2) is 43.9 Å². The van der Waals surface area contributed by atoms with E-state index in [4.69, 9.17) is 26.8 Å². The number of hydrogen-bond donors (Lipinski definition) is 3. The topological polar surface area (TPSA) is 111 Å². The SMILES string of the molecule is COC(=O)C1=C(C)NC(COCCN)=C(C(=O)O)C1c1ccccc1Cl.c1ccccc1. The van der Waals surface area contributed by atoms with Gasteiger partial charge in [-0.25, -0.2) is 9.59 Å². The third kappa shape index (κ3) is 6.43. The fraction of sp³-hybridized carbons (Fsp3) is 0.250. The van der Waals surface area contributed by atoms with Crippen LogP contribution in [0.4, 0.5) is 0 Å². The largest absolute Gasteiger partial charge is 0.478 e. The molecule has 0 spiro atoms. The van der Waals surface area contributed by atoms with Crippen LogP contribution < -0.4 is 11.1 Å². The van der Waals surface area contributed by atoms with Gasteiger partial charge >= 0.3 is 11.9 Å². The molecule has 1 heterocycles. The van der Waals surface area contributed by atoms with Crippen molar-refractivity contribution in [3.63, 3.8) is 0 Å². The number of halogens is 1. The Morgan fingerprint density at radius 1 is 1.06 bits per heavy atom. The molecular weight excluding hydrogens is 432 g/mol. The van der Waals surface area contributed by atoms with E-state index in [9.17, 15) is 14.7 Å². The Labute approximate surface area is 192 Å². The molecule has 4 N–H and O–H groups in total. The zero-order chi connectivity index (χ0) is 23.5. The number of aliphatic carboxylic acids is 1. The van der Waals surface area contributed by atoms with Crippen molar-refractivity contribution < 1.29 is 24.2 Å². The van der Waals surface area contributed by atoms with Crippen LogP contribution in [-0.2, 0) is 19.1 Å². The monoisotopic (exact) mass is 458 g/mol. The summed E-state index contributed by atoms with van der Waals surface area (Å²) in [5.74, 6) is -2.69. The van der Waals surface area contributed by atoms with Gasteiger partial charge in [-0.2, -0.15) is 0 Å². The van der Waals surface area contributed by atoms with Gasteiger partial charge in [-0.3, -0.25) is 0 Å². The number of rotatable bonds is 7. The average Bonchev–Trinajstić information content (AvgIpc) is 2.80. The molecule has 0 saturated carbocycles. The highest BCUT2D eigenvalue weighted by molar-refractivity contribution is 6.31. The maximum atomic E-state index is 12.4. The number of carbonyl (C=O) groups is 2. The fourth-order valence-electron chi connectivity index (χ4n) is 3.31. The molecule has 0 aromatic heterocycles. The number of carbonyl (C=O) groups excluding carboxylic acids is 1. The molecule has 0 fully saturated rings. The van der Waals surface area contributed by atoms with E-state index in [0.717, 1.165) is 0 Å². The maximum absolute atomic E-state index is 12.4. The molecule has 1 unspecified atom stereocenters. The predicted octanol–water partition coefficient (Wildman–Crippen LogP) is 3.47. The first kappa shape index (κ1) is 25.1. The first-order chi connectivity index (χ1) is 15.4. The number of nitrogens with one attached hydrogen (secondary N) is 1. The van der Waals surface area contributed by atoms with Crippen molar-refractivity contribution in [1.29, 1.82) is 0 Å². The minimum atomic E-state index is -1.18. The number of nitrogens with two attached hydrogens (primary N) is 1. The van der Waals surface area contributed by atoms with Crippen LogP contribution in [0.5, 0.6) is 0 Å². The molecule has 2 aromatic carbocycles. The number of hydrogen-bond acceptors (Lipinski definition) is 6. The minimum absolute atomic E-state index is 0.0129. The van der Waals surface area contributed by atoms with E-state index in [1.165, 1.54) is 7.11 Å². The molecule has 8 heteroatoms. The van der Waals surface area contributed by atoms with Crippen LogP contribution in [0.1, 0.15) is 18.4 Å². The molecule has 0 bridgehead atoms. The van der Waals surface area contributed by atoms with Crippen molar-refractivity contribution in [1.82, 2.24) is 5.32 Å². The zero-order valence-corrected chi connectivity index (χ0v) is 18.8. The van der Waals surface area contributed by atoms with Gasteiger partial charge in [0.2, 0.25) is 0 Å². The van der Waals surface area contributed by atoms with Crippen LogP contribution in [0.2, 0.25) is 5.02 Å². The van der Waals surface area contributed by atoms with Gasteiger partial charge in [0.25, 0.3) is 0 Å². The quantitative estimate of drug-likeness (QED) is 0.430. The van der Waals surface area contributed by atoms with Gasteiger partial charge in [-0.1, -0.05) is 66.2 Å². The maximum Gasteiger partial charge on any atom is 0.336 e. The lowest BCUT2D eigenvalue weighted by molar-refractivity contribution is -0.136. The van der Waals surface area contributed by atoms with E-state index in [1.54, 1.807) is 31.2 Å². The normalized spacial score (nSPS) is 15.4. The summed E-state index contributed by atoms with van der Waals surface area (Å²) in [7, 11) is 1.25. The summed E-state index contributed by atoms with van der Waals surface area (Å²) >= 11 is 6.30. The molecule has 0 aliphatic carbocycles. The Kier molecular flexibility index (Phi) is 9.94. The molecule has 3 rings (SSSR count). The third-order valence-corrected chi connectivity index (χ3v) is 5.02. The molecule has 7 nitrogen and oxygen atoms in total. The fourth-order valence-corrected chi connectivity index (χ4v) is 3.55. The van der Waals surface area contributed by atoms with Gasteiger partial charge in [0.1, 0.15) is 0 Å². The zero-order valence-electron chi connectivity index (χ0n) is 18.0. The molecule has 1 aliphatic heterocycles. The lowest BCUT2D eigenvalue weighted by Gasteiger charge is -2.31. The van der Waals surface area contributed by atoms with Gasteiger partial charge in [0, 0.05) is 17.3 Å². The molecule has 32 heavy (non-hydrogen) atoms. The minimum Gasteiger partial charge on any atom is -0.478 e. The lowest BCUT2D eigenvalue weighted by atomic mass is 9.80. The van der Waals surface area contributed by atoms with Gasteiger partial charge in [0.05, 0.1) is 43.1 Å². The molecule has 0 radical (unpaired) electrons. The molecule has 0 amide bonds. The first-order valence-corrected chi connectivity index (χ1v) is 10.3. The summed E-state index contributed by atoms with van der Waals surface area (Å²) in [5.41, 5.74) is 6.94. The summed E-state index contributed by atoms with van der Waals surface area (Å²) in [5, 5.41) is 13.2. The summed E-state index contributed by atoms with van der Waals surface area (Å²) in [6.07, 6.45) is 0. The van der Waals surface area contributed by atoms with Crippen molar-refractivity contribution >= 4 is 23.5 Å². The highest BCUT2D eigenvalue weighted by Crippen LogP contribution is 2.41. The lowest BCUT2D eigenvalue weighted by Crippen LogP contribution is -2.34. The van der Waals surface area contributed by atoms with Crippen molar-refractivity contribution in [2.75, 3.05) is 26.9 Å². The molecule has 0 saturated heterocycles. The number of allylic oxidation sites excluding steroid dienone is 1. The standard InChI is InChI=1S/C18H21ClN2O5.C6H6/c1-10-14(18(24)25-2)15(11-5-3-4-6-12(11)19)16(17(22)23)13(21-10)9-26-8-7-20;1-2-4-6-5-3-1/h3-6,15,21H,7-9,20H2,1-2H3,(H,22,23);1-6H. The Morgan fingerprint density at radius 3 is 2.16 bits per heavy atom. The highest BCUT2D eigenvalue weighted by Gasteiger charge is 2.38. The predicted molar refractivity (Wildman–Crippen MR) is 123 cm³/mol. The number of carboxylic acid groups (broad SMARTS) is 1. The van der Waals surface area contributed by atoms with Crippen molar-refractivity contribution in [2.24, 2.45) is 5.73 Å². The van der Waals surface area contributed by atoms with Gasteiger partial charge in [0.15, 0.2) is 0 Å². The number of carboxylic acids is 1. The van der Waals surface area contributed by atoms with E-state index in [1.807, 2.05) is 36.4 Å².